The van der Waals surface area contributed by atoms with E-state index in [-0.39, 0.29) is 11.7 Å². The second-order valence-corrected chi connectivity index (χ2v) is 7.21. The molecule has 0 aliphatic heterocycles. The smallest absolute Gasteiger partial charge is 0.224 e. The average Bonchev–Trinajstić information content (AvgIpc) is 2.55. The Morgan fingerprint density at radius 3 is 2.44 bits per heavy atom. The number of sulfonamides is 1. The quantitative estimate of drug-likeness (QED) is 0.753. The number of carbonyl (C=O) groups is 1. The summed E-state index contributed by atoms with van der Waals surface area (Å²) in [7, 11) is -3.56. The number of ether oxygens (including phenoxy) is 1. The van der Waals surface area contributed by atoms with Gasteiger partial charge in [0.1, 0.15) is 5.75 Å². The van der Waals surface area contributed by atoms with Gasteiger partial charge in [-0.25, -0.2) is 13.6 Å². The van der Waals surface area contributed by atoms with Crippen molar-refractivity contribution in [1.82, 2.24) is 0 Å². The summed E-state index contributed by atoms with van der Waals surface area (Å²) in [6.07, 6.45) is 0.897. The molecular formula is C18H22N2O4S. The second-order valence-electron chi connectivity index (χ2n) is 5.59. The molecular weight excluding hydrogens is 340 g/mol. The minimum atomic E-state index is -3.56. The fourth-order valence-electron chi connectivity index (χ4n) is 2.39. The molecule has 0 aliphatic rings. The molecule has 7 heteroatoms. The summed E-state index contributed by atoms with van der Waals surface area (Å²) in [4.78, 5) is 12.1. The molecule has 0 spiro atoms. The molecule has 2 rings (SSSR count). The minimum absolute atomic E-state index is 0.120. The van der Waals surface area contributed by atoms with Crippen LogP contribution >= 0.6 is 0 Å². The maximum atomic E-state index is 12.1. The first kappa shape index (κ1) is 19.0. The summed E-state index contributed by atoms with van der Waals surface area (Å²) in [5.41, 5.74) is 2.18. The highest BCUT2D eigenvalue weighted by Crippen LogP contribution is 2.20. The monoisotopic (exact) mass is 362 g/mol. The number of aryl methyl sites for hydroxylation is 1. The molecule has 0 atom stereocenters. The van der Waals surface area contributed by atoms with Gasteiger partial charge in [0.25, 0.3) is 0 Å². The van der Waals surface area contributed by atoms with E-state index in [0.29, 0.717) is 30.7 Å². The standard InChI is InChI=1S/C18H22N2O4S/c1-2-24-17-6-4-3-5-15(17)9-12-18(21)20-16-10-7-14(8-11-16)13-25(19,22)23/h3-8,10-11H,2,9,12-13H2,1H3,(H,20,21)(H2,19,22,23). The predicted octanol–water partition coefficient (Wildman–Crippen LogP) is 2.45. The van der Waals surface area contributed by atoms with Gasteiger partial charge in [0.15, 0.2) is 0 Å². The summed E-state index contributed by atoms with van der Waals surface area (Å²) in [5.74, 6) is 0.450. The molecule has 0 heterocycles. The third-order valence-electron chi connectivity index (χ3n) is 3.50. The highest BCUT2D eigenvalue weighted by molar-refractivity contribution is 7.88. The van der Waals surface area contributed by atoms with Crippen LogP contribution in [0.15, 0.2) is 48.5 Å². The van der Waals surface area contributed by atoms with Crippen molar-refractivity contribution in [2.45, 2.75) is 25.5 Å². The van der Waals surface area contributed by atoms with Crippen LogP contribution in [-0.4, -0.2) is 20.9 Å². The highest BCUT2D eigenvalue weighted by Gasteiger charge is 2.08. The van der Waals surface area contributed by atoms with E-state index in [4.69, 9.17) is 9.88 Å². The first-order valence-corrected chi connectivity index (χ1v) is 9.69. The van der Waals surface area contributed by atoms with Crippen LogP contribution in [0, 0.1) is 0 Å². The minimum Gasteiger partial charge on any atom is -0.494 e. The van der Waals surface area contributed by atoms with Crippen molar-refractivity contribution >= 4 is 21.6 Å². The van der Waals surface area contributed by atoms with Crippen molar-refractivity contribution < 1.29 is 17.9 Å². The average molecular weight is 362 g/mol. The molecule has 6 nitrogen and oxygen atoms in total. The van der Waals surface area contributed by atoms with Gasteiger partial charge in [-0.2, -0.15) is 0 Å². The van der Waals surface area contributed by atoms with Crippen LogP contribution in [0.3, 0.4) is 0 Å². The summed E-state index contributed by atoms with van der Waals surface area (Å²) in [5, 5.41) is 7.80. The number of nitrogens with one attached hydrogen (secondary N) is 1. The normalized spacial score (nSPS) is 11.1. The molecule has 0 aromatic heterocycles. The number of para-hydroxylation sites is 1. The number of hydrogen-bond donors (Lipinski definition) is 2. The topological polar surface area (TPSA) is 98.5 Å². The lowest BCUT2D eigenvalue weighted by atomic mass is 10.1. The van der Waals surface area contributed by atoms with E-state index in [1.807, 2.05) is 31.2 Å². The van der Waals surface area contributed by atoms with Gasteiger partial charge < -0.3 is 10.1 Å². The third kappa shape index (κ3) is 6.56. The van der Waals surface area contributed by atoms with Crippen LogP contribution in [0.25, 0.3) is 0 Å². The lowest BCUT2D eigenvalue weighted by Crippen LogP contribution is -2.15. The highest BCUT2D eigenvalue weighted by atomic mass is 32.2. The fourth-order valence-corrected chi connectivity index (χ4v) is 3.05. The number of hydrogen-bond acceptors (Lipinski definition) is 4. The molecule has 0 fully saturated rings. The SMILES string of the molecule is CCOc1ccccc1CCC(=O)Nc1ccc(CS(N)(=O)=O)cc1. The van der Waals surface area contributed by atoms with Crippen molar-refractivity contribution in [1.29, 1.82) is 0 Å². The van der Waals surface area contributed by atoms with E-state index >= 15 is 0 Å². The Morgan fingerprint density at radius 1 is 1.12 bits per heavy atom. The molecule has 0 radical (unpaired) electrons. The summed E-state index contributed by atoms with van der Waals surface area (Å²) in [6.45, 7) is 2.50. The van der Waals surface area contributed by atoms with Crippen molar-refractivity contribution in [3.63, 3.8) is 0 Å². The zero-order valence-electron chi connectivity index (χ0n) is 14.1. The fraction of sp³-hybridized carbons (Fsp3) is 0.278. The Balaban J connectivity index is 1.90. The predicted molar refractivity (Wildman–Crippen MR) is 97.8 cm³/mol. The van der Waals surface area contributed by atoms with Crippen LogP contribution in [0.5, 0.6) is 5.75 Å². The molecule has 0 saturated heterocycles. The van der Waals surface area contributed by atoms with Crippen molar-refractivity contribution in [2.24, 2.45) is 5.14 Å². The number of anilines is 1. The number of amides is 1. The molecule has 25 heavy (non-hydrogen) atoms. The van der Waals surface area contributed by atoms with E-state index in [0.717, 1.165) is 11.3 Å². The lowest BCUT2D eigenvalue weighted by molar-refractivity contribution is -0.116. The molecule has 0 bridgehead atoms. The van der Waals surface area contributed by atoms with Crippen LogP contribution in [0.2, 0.25) is 0 Å². The molecule has 1 amide bonds. The zero-order chi connectivity index (χ0) is 18.3. The summed E-state index contributed by atoms with van der Waals surface area (Å²) < 4.78 is 27.7. The molecule has 2 aromatic carbocycles. The Morgan fingerprint density at radius 2 is 1.80 bits per heavy atom. The van der Waals surface area contributed by atoms with E-state index in [1.165, 1.54) is 0 Å². The van der Waals surface area contributed by atoms with Crippen LogP contribution in [0.4, 0.5) is 5.69 Å². The maximum Gasteiger partial charge on any atom is 0.224 e. The molecule has 2 aromatic rings. The van der Waals surface area contributed by atoms with Crippen LogP contribution in [-0.2, 0) is 27.0 Å². The van der Waals surface area contributed by atoms with Gasteiger partial charge >= 0.3 is 0 Å². The van der Waals surface area contributed by atoms with Gasteiger partial charge in [-0.1, -0.05) is 30.3 Å². The number of rotatable bonds is 8. The van der Waals surface area contributed by atoms with Gasteiger partial charge in [0, 0.05) is 12.1 Å². The second kappa shape index (κ2) is 8.64. The van der Waals surface area contributed by atoms with Crippen molar-refractivity contribution in [3.05, 3.63) is 59.7 Å². The first-order chi connectivity index (χ1) is 11.9. The van der Waals surface area contributed by atoms with Crippen molar-refractivity contribution in [3.8, 4) is 5.75 Å². The van der Waals surface area contributed by atoms with Crippen LogP contribution in [0.1, 0.15) is 24.5 Å². The van der Waals surface area contributed by atoms with Gasteiger partial charge in [-0.05, 0) is 42.7 Å². The summed E-state index contributed by atoms with van der Waals surface area (Å²) in [6, 6.07) is 14.2. The molecule has 0 aliphatic carbocycles. The van der Waals surface area contributed by atoms with Gasteiger partial charge in [-0.3, -0.25) is 4.79 Å². The number of benzene rings is 2. The molecule has 134 valence electrons. The third-order valence-corrected chi connectivity index (χ3v) is 4.24. The Kier molecular flexibility index (Phi) is 6.55. The Hall–Kier alpha value is -2.38. The van der Waals surface area contributed by atoms with Crippen LogP contribution < -0.4 is 15.2 Å². The van der Waals surface area contributed by atoms with Gasteiger partial charge in [0.05, 0.1) is 12.4 Å². The van der Waals surface area contributed by atoms with E-state index in [1.54, 1.807) is 24.3 Å². The summed E-state index contributed by atoms with van der Waals surface area (Å²) >= 11 is 0. The Bertz CT molecular complexity index is 817. The lowest BCUT2D eigenvalue weighted by Gasteiger charge is -2.10. The van der Waals surface area contributed by atoms with Gasteiger partial charge in [-0.15, -0.1) is 0 Å². The number of carbonyl (C=O) groups excluding carboxylic acids is 1. The van der Waals surface area contributed by atoms with E-state index < -0.39 is 10.0 Å². The van der Waals surface area contributed by atoms with E-state index in [9.17, 15) is 13.2 Å². The van der Waals surface area contributed by atoms with Gasteiger partial charge in [0.2, 0.25) is 15.9 Å². The first-order valence-electron chi connectivity index (χ1n) is 7.97. The molecule has 0 unspecified atom stereocenters. The Labute approximate surface area is 148 Å². The number of primary sulfonamides is 1. The largest absolute Gasteiger partial charge is 0.494 e. The zero-order valence-corrected chi connectivity index (χ0v) is 14.9. The van der Waals surface area contributed by atoms with E-state index in [2.05, 4.69) is 5.32 Å². The molecule has 3 N–H and O–H groups in total. The maximum absolute atomic E-state index is 12.1. The number of nitrogens with two attached hydrogens (primary N) is 1. The van der Waals surface area contributed by atoms with Crippen molar-refractivity contribution in [2.75, 3.05) is 11.9 Å². The molecule has 0 saturated carbocycles.